The minimum absolute atomic E-state index is 0.0759. The highest BCUT2D eigenvalue weighted by molar-refractivity contribution is 5.89. The number of likely N-dealkylation sites (tertiary alicyclic amines) is 1. The van der Waals surface area contributed by atoms with Crippen LogP contribution in [0.25, 0.3) is 0 Å². The van der Waals surface area contributed by atoms with Crippen LogP contribution in [0.4, 0.5) is 0 Å². The predicted molar refractivity (Wildman–Crippen MR) is 73.1 cm³/mol. The molecule has 1 aliphatic rings. The molecule has 1 atom stereocenters. The van der Waals surface area contributed by atoms with Gasteiger partial charge in [-0.3, -0.25) is 9.48 Å². The lowest BCUT2D eigenvalue weighted by molar-refractivity contribution is -0.128. The van der Waals surface area contributed by atoms with Crippen molar-refractivity contribution in [1.29, 1.82) is 0 Å². The number of carboxylic acid groups (broad SMARTS) is 1. The number of hydrogen-bond acceptors (Lipinski definition) is 3. The standard InChI is InChI=1S/C14H21N3O3/c1-14(2,3)9-5-12(18)17(7-9)8-11-10(13(19)20)6-15-16(11)4/h6,9H,5,7-8H2,1-4H3,(H,19,20). The molecule has 110 valence electrons. The molecule has 0 aliphatic carbocycles. The van der Waals surface area contributed by atoms with Gasteiger partial charge in [-0.15, -0.1) is 0 Å². The Morgan fingerprint density at radius 1 is 1.50 bits per heavy atom. The van der Waals surface area contributed by atoms with Crippen molar-refractivity contribution in [2.45, 2.75) is 33.7 Å². The maximum Gasteiger partial charge on any atom is 0.339 e. The van der Waals surface area contributed by atoms with Crippen LogP contribution in [-0.4, -0.2) is 38.2 Å². The molecule has 1 unspecified atom stereocenters. The number of carboxylic acids is 1. The molecule has 0 bridgehead atoms. The molecule has 0 saturated carbocycles. The van der Waals surface area contributed by atoms with E-state index in [-0.39, 0.29) is 16.9 Å². The second kappa shape index (κ2) is 4.92. The third-order valence-corrected chi connectivity index (χ3v) is 4.07. The first kappa shape index (κ1) is 14.6. The molecule has 1 saturated heterocycles. The fraction of sp³-hybridized carbons (Fsp3) is 0.643. The van der Waals surface area contributed by atoms with E-state index in [0.29, 0.717) is 31.1 Å². The van der Waals surface area contributed by atoms with Gasteiger partial charge in [-0.05, 0) is 11.3 Å². The number of amides is 1. The highest BCUT2D eigenvalue weighted by atomic mass is 16.4. The number of hydrogen-bond donors (Lipinski definition) is 1. The van der Waals surface area contributed by atoms with E-state index in [1.54, 1.807) is 11.9 Å². The Bertz CT molecular complexity index is 542. The summed E-state index contributed by atoms with van der Waals surface area (Å²) in [5.41, 5.74) is 0.812. The van der Waals surface area contributed by atoms with E-state index < -0.39 is 5.97 Å². The summed E-state index contributed by atoms with van der Waals surface area (Å²) in [4.78, 5) is 25.0. The molecule has 0 spiro atoms. The number of aromatic nitrogens is 2. The monoisotopic (exact) mass is 279 g/mol. The van der Waals surface area contributed by atoms with Crippen LogP contribution in [0.1, 0.15) is 43.2 Å². The Kier molecular flexibility index (Phi) is 3.58. The average Bonchev–Trinajstić information content (AvgIpc) is 2.85. The highest BCUT2D eigenvalue weighted by Crippen LogP contribution is 2.34. The Labute approximate surface area is 118 Å². The number of nitrogens with zero attached hydrogens (tertiary/aromatic N) is 3. The number of aryl methyl sites for hydroxylation is 1. The summed E-state index contributed by atoms with van der Waals surface area (Å²) in [6.07, 6.45) is 1.86. The smallest absolute Gasteiger partial charge is 0.339 e. The van der Waals surface area contributed by atoms with Gasteiger partial charge in [0.25, 0.3) is 0 Å². The van der Waals surface area contributed by atoms with Gasteiger partial charge in [0.1, 0.15) is 5.56 Å². The first-order valence-corrected chi connectivity index (χ1v) is 6.72. The van der Waals surface area contributed by atoms with E-state index in [4.69, 9.17) is 5.11 Å². The van der Waals surface area contributed by atoms with Crippen LogP contribution in [0.3, 0.4) is 0 Å². The van der Waals surface area contributed by atoms with Crippen molar-refractivity contribution < 1.29 is 14.7 Å². The molecular formula is C14H21N3O3. The van der Waals surface area contributed by atoms with E-state index in [1.165, 1.54) is 10.9 Å². The second-order valence-corrected chi connectivity index (χ2v) is 6.48. The van der Waals surface area contributed by atoms with Crippen LogP contribution < -0.4 is 0 Å². The van der Waals surface area contributed by atoms with E-state index in [1.807, 2.05) is 0 Å². The first-order chi connectivity index (χ1) is 9.20. The Hall–Kier alpha value is -1.85. The van der Waals surface area contributed by atoms with E-state index >= 15 is 0 Å². The van der Waals surface area contributed by atoms with Crippen LogP contribution in [-0.2, 0) is 18.4 Å². The zero-order valence-electron chi connectivity index (χ0n) is 12.4. The Balaban J connectivity index is 2.17. The van der Waals surface area contributed by atoms with Gasteiger partial charge in [-0.2, -0.15) is 5.10 Å². The molecule has 6 heteroatoms. The molecular weight excluding hydrogens is 258 g/mol. The van der Waals surface area contributed by atoms with Gasteiger partial charge in [-0.25, -0.2) is 4.79 Å². The number of aromatic carboxylic acids is 1. The third-order valence-electron chi connectivity index (χ3n) is 4.07. The predicted octanol–water partition coefficient (Wildman–Crippen LogP) is 1.51. The van der Waals surface area contributed by atoms with Crippen molar-refractivity contribution in [3.05, 3.63) is 17.5 Å². The van der Waals surface area contributed by atoms with Gasteiger partial charge in [0.2, 0.25) is 5.91 Å². The summed E-state index contributed by atoms with van der Waals surface area (Å²) in [6.45, 7) is 7.36. The lowest BCUT2D eigenvalue weighted by Crippen LogP contribution is -2.28. The fourth-order valence-corrected chi connectivity index (χ4v) is 2.51. The molecule has 1 fully saturated rings. The van der Waals surface area contributed by atoms with Gasteiger partial charge in [0.15, 0.2) is 0 Å². The maximum absolute atomic E-state index is 12.1. The quantitative estimate of drug-likeness (QED) is 0.910. The molecule has 1 aliphatic heterocycles. The first-order valence-electron chi connectivity index (χ1n) is 6.72. The second-order valence-electron chi connectivity index (χ2n) is 6.48. The van der Waals surface area contributed by atoms with E-state index in [0.717, 1.165) is 0 Å². The van der Waals surface area contributed by atoms with Gasteiger partial charge >= 0.3 is 5.97 Å². The lowest BCUT2D eigenvalue weighted by atomic mass is 9.80. The molecule has 1 amide bonds. The SMILES string of the molecule is Cn1ncc(C(=O)O)c1CN1CC(C(C)(C)C)CC1=O. The lowest BCUT2D eigenvalue weighted by Gasteiger charge is -2.26. The Morgan fingerprint density at radius 3 is 2.65 bits per heavy atom. The highest BCUT2D eigenvalue weighted by Gasteiger charge is 2.37. The molecule has 2 heterocycles. The minimum Gasteiger partial charge on any atom is -0.478 e. The van der Waals surface area contributed by atoms with Gasteiger partial charge in [0.05, 0.1) is 18.4 Å². The van der Waals surface area contributed by atoms with Crippen LogP contribution in [0, 0.1) is 11.3 Å². The third kappa shape index (κ3) is 2.69. The molecule has 0 aromatic carbocycles. The average molecular weight is 279 g/mol. The number of carbonyl (C=O) groups excluding carboxylic acids is 1. The summed E-state index contributed by atoms with van der Waals surface area (Å²) in [6, 6.07) is 0. The molecule has 1 aromatic heterocycles. The topological polar surface area (TPSA) is 75.4 Å². The van der Waals surface area contributed by atoms with Crippen molar-refractivity contribution in [3.8, 4) is 0 Å². The largest absolute Gasteiger partial charge is 0.478 e. The van der Waals surface area contributed by atoms with Gasteiger partial charge in [0, 0.05) is 20.0 Å². The van der Waals surface area contributed by atoms with E-state index in [2.05, 4.69) is 25.9 Å². The summed E-state index contributed by atoms with van der Waals surface area (Å²) < 4.78 is 1.53. The molecule has 1 aromatic rings. The van der Waals surface area contributed by atoms with Crippen LogP contribution >= 0.6 is 0 Å². The molecule has 2 rings (SSSR count). The maximum atomic E-state index is 12.1. The summed E-state index contributed by atoms with van der Waals surface area (Å²) in [7, 11) is 1.70. The van der Waals surface area contributed by atoms with Crippen LogP contribution in [0.2, 0.25) is 0 Å². The van der Waals surface area contributed by atoms with E-state index in [9.17, 15) is 9.59 Å². The van der Waals surface area contributed by atoms with Gasteiger partial charge in [-0.1, -0.05) is 20.8 Å². The summed E-state index contributed by atoms with van der Waals surface area (Å²) in [5.74, 6) is -0.619. The van der Waals surface area contributed by atoms with Crippen LogP contribution in [0.5, 0.6) is 0 Å². The molecule has 1 N–H and O–H groups in total. The molecule has 6 nitrogen and oxygen atoms in total. The van der Waals surface area contributed by atoms with Crippen molar-refractivity contribution in [2.75, 3.05) is 6.54 Å². The summed E-state index contributed by atoms with van der Waals surface area (Å²) >= 11 is 0. The molecule has 0 radical (unpaired) electrons. The van der Waals surface area contributed by atoms with Crippen molar-refractivity contribution in [2.24, 2.45) is 18.4 Å². The fourth-order valence-electron chi connectivity index (χ4n) is 2.51. The minimum atomic E-state index is -1.01. The van der Waals surface area contributed by atoms with Gasteiger partial charge < -0.3 is 10.0 Å². The zero-order valence-corrected chi connectivity index (χ0v) is 12.4. The normalized spacial score (nSPS) is 19.7. The van der Waals surface area contributed by atoms with Crippen molar-refractivity contribution in [3.63, 3.8) is 0 Å². The summed E-state index contributed by atoms with van der Waals surface area (Å²) in [5, 5.41) is 13.1. The molecule has 20 heavy (non-hydrogen) atoms. The van der Waals surface area contributed by atoms with Crippen LogP contribution in [0.15, 0.2) is 6.20 Å². The van der Waals surface area contributed by atoms with Crippen molar-refractivity contribution in [1.82, 2.24) is 14.7 Å². The Morgan fingerprint density at radius 2 is 2.15 bits per heavy atom. The number of carbonyl (C=O) groups is 2. The number of rotatable bonds is 3. The zero-order chi connectivity index (χ0) is 15.1. The van der Waals surface area contributed by atoms with Crippen molar-refractivity contribution >= 4 is 11.9 Å².